The summed E-state index contributed by atoms with van der Waals surface area (Å²) in [6, 6.07) is 16.2. The Hall–Kier alpha value is -4.14. The van der Waals surface area contributed by atoms with Gasteiger partial charge in [0, 0.05) is 32.5 Å². The molecule has 3 aromatic rings. The molecule has 1 unspecified atom stereocenters. The number of aryl methyl sites for hydroxylation is 1. The topological polar surface area (TPSA) is 114 Å². The molecule has 9 nitrogen and oxygen atoms in total. The highest BCUT2D eigenvalue weighted by atomic mass is 16.5. The van der Waals surface area contributed by atoms with Gasteiger partial charge in [-0.05, 0) is 34.6 Å². The molecule has 1 fully saturated rings. The third kappa shape index (κ3) is 4.37. The van der Waals surface area contributed by atoms with E-state index in [1.54, 1.807) is 11.9 Å². The number of benzene rings is 2. The second-order valence-electron chi connectivity index (χ2n) is 8.98. The zero-order valence-corrected chi connectivity index (χ0v) is 19.3. The van der Waals surface area contributed by atoms with Gasteiger partial charge < -0.3 is 14.7 Å². The summed E-state index contributed by atoms with van der Waals surface area (Å²) in [5.41, 5.74) is 5.01. The lowest BCUT2D eigenvalue weighted by Crippen LogP contribution is -2.31. The van der Waals surface area contributed by atoms with Gasteiger partial charge in [-0.15, -0.1) is 0 Å². The number of rotatable bonds is 6. The molecule has 5 rings (SSSR count). The molecule has 0 spiro atoms. The van der Waals surface area contributed by atoms with E-state index in [2.05, 4.69) is 22.5 Å². The average Bonchev–Trinajstić information content (AvgIpc) is 3.53. The van der Waals surface area contributed by atoms with Crippen molar-refractivity contribution in [3.63, 3.8) is 0 Å². The number of ether oxygens (including phenoxy) is 1. The Labute approximate surface area is 202 Å². The number of carbonyl (C=O) groups excluding carboxylic acids is 2. The molecule has 1 atom stereocenters. The van der Waals surface area contributed by atoms with E-state index in [1.807, 2.05) is 36.4 Å². The Morgan fingerprint density at radius 1 is 1.09 bits per heavy atom. The maximum absolute atomic E-state index is 13.1. The molecule has 2 heterocycles. The first-order valence-electron chi connectivity index (χ1n) is 11.6. The van der Waals surface area contributed by atoms with Crippen molar-refractivity contribution in [3.05, 3.63) is 71.5 Å². The minimum atomic E-state index is -0.873. The van der Waals surface area contributed by atoms with Crippen LogP contribution in [0.25, 0.3) is 11.1 Å². The highest BCUT2D eigenvalue weighted by molar-refractivity contribution is 6.01. The van der Waals surface area contributed by atoms with Crippen molar-refractivity contribution < 1.29 is 24.2 Å². The number of aliphatic carboxylic acids is 1. The van der Waals surface area contributed by atoms with Crippen LogP contribution in [-0.4, -0.2) is 57.5 Å². The van der Waals surface area contributed by atoms with E-state index in [4.69, 9.17) is 9.84 Å². The molecule has 2 aliphatic rings. The highest BCUT2D eigenvalue weighted by Gasteiger charge is 2.32. The number of likely N-dealkylation sites (tertiary alicyclic amines) is 1. The van der Waals surface area contributed by atoms with Crippen molar-refractivity contribution in [1.29, 1.82) is 0 Å². The van der Waals surface area contributed by atoms with E-state index < -0.39 is 12.1 Å². The predicted octanol–water partition coefficient (Wildman–Crippen LogP) is 3.72. The van der Waals surface area contributed by atoms with Gasteiger partial charge in [0.25, 0.3) is 5.91 Å². The van der Waals surface area contributed by atoms with Crippen molar-refractivity contribution in [2.45, 2.75) is 18.8 Å². The molecular formula is C26H26N4O5. The number of carboxylic acid groups (broad SMARTS) is 1. The van der Waals surface area contributed by atoms with E-state index in [0.29, 0.717) is 19.5 Å². The molecule has 180 valence electrons. The van der Waals surface area contributed by atoms with Crippen molar-refractivity contribution in [2.24, 2.45) is 13.0 Å². The van der Waals surface area contributed by atoms with Gasteiger partial charge in [0.2, 0.25) is 0 Å². The third-order valence-electron chi connectivity index (χ3n) is 6.76. The number of carbonyl (C=O) groups is 3. The number of anilines is 1. The van der Waals surface area contributed by atoms with Gasteiger partial charge >= 0.3 is 12.1 Å². The lowest BCUT2D eigenvalue weighted by Gasteiger charge is -2.18. The lowest BCUT2D eigenvalue weighted by molar-refractivity contribution is -0.138. The molecule has 9 heteroatoms. The smallest absolute Gasteiger partial charge is 0.411 e. The SMILES string of the molecule is Cn1ncc(NC(=O)OCC2c3ccccc3-c3ccccc32)c1C(=O)N1CCC(CC(=O)O)C1. The first kappa shape index (κ1) is 22.6. The van der Waals surface area contributed by atoms with Crippen LogP contribution in [-0.2, 0) is 16.6 Å². The quantitative estimate of drug-likeness (QED) is 0.563. The van der Waals surface area contributed by atoms with Crippen LogP contribution >= 0.6 is 0 Å². The van der Waals surface area contributed by atoms with E-state index in [9.17, 15) is 14.4 Å². The first-order valence-corrected chi connectivity index (χ1v) is 11.6. The number of aromatic nitrogens is 2. The fraction of sp³-hybridized carbons (Fsp3) is 0.308. The normalized spacial score (nSPS) is 16.6. The van der Waals surface area contributed by atoms with Gasteiger partial charge in [0.1, 0.15) is 12.3 Å². The molecule has 1 aliphatic carbocycles. The number of carboxylic acids is 1. The molecular weight excluding hydrogens is 448 g/mol. The van der Waals surface area contributed by atoms with Crippen LogP contribution < -0.4 is 5.32 Å². The van der Waals surface area contributed by atoms with Gasteiger partial charge in [0.15, 0.2) is 0 Å². The third-order valence-corrected chi connectivity index (χ3v) is 6.76. The molecule has 2 aromatic carbocycles. The van der Waals surface area contributed by atoms with Crippen LogP contribution in [0.5, 0.6) is 0 Å². The fourth-order valence-corrected chi connectivity index (χ4v) is 5.11. The van der Waals surface area contributed by atoms with Crippen LogP contribution in [0.15, 0.2) is 54.7 Å². The van der Waals surface area contributed by atoms with Gasteiger partial charge in [0.05, 0.1) is 11.9 Å². The number of nitrogens with zero attached hydrogens (tertiary/aromatic N) is 3. The van der Waals surface area contributed by atoms with Crippen LogP contribution in [0.2, 0.25) is 0 Å². The Kier molecular flexibility index (Phi) is 5.98. The van der Waals surface area contributed by atoms with Gasteiger partial charge in [-0.25, -0.2) is 4.79 Å². The minimum absolute atomic E-state index is 0.0278. The van der Waals surface area contributed by atoms with Crippen LogP contribution in [0.1, 0.15) is 40.4 Å². The van der Waals surface area contributed by atoms with E-state index >= 15 is 0 Å². The van der Waals surface area contributed by atoms with Gasteiger partial charge in [-0.1, -0.05) is 48.5 Å². The molecule has 1 aliphatic heterocycles. The molecule has 2 amide bonds. The summed E-state index contributed by atoms with van der Waals surface area (Å²) in [5.74, 6) is -1.32. The Morgan fingerprint density at radius 2 is 1.74 bits per heavy atom. The summed E-state index contributed by atoms with van der Waals surface area (Å²) in [6.45, 7) is 0.986. The van der Waals surface area contributed by atoms with Crippen LogP contribution in [0.4, 0.5) is 10.5 Å². The van der Waals surface area contributed by atoms with E-state index in [-0.39, 0.29) is 42.2 Å². The van der Waals surface area contributed by atoms with E-state index in [0.717, 1.165) is 22.3 Å². The van der Waals surface area contributed by atoms with Gasteiger partial charge in [-0.2, -0.15) is 5.10 Å². The average molecular weight is 475 g/mol. The summed E-state index contributed by atoms with van der Waals surface area (Å²) in [7, 11) is 1.63. The predicted molar refractivity (Wildman–Crippen MR) is 128 cm³/mol. The number of hydrogen-bond donors (Lipinski definition) is 2. The zero-order chi connectivity index (χ0) is 24.5. The summed E-state index contributed by atoms with van der Waals surface area (Å²) in [6.07, 6.45) is 1.41. The largest absolute Gasteiger partial charge is 0.481 e. The Bertz CT molecular complexity index is 1250. The second kappa shape index (κ2) is 9.25. The zero-order valence-electron chi connectivity index (χ0n) is 19.3. The summed E-state index contributed by atoms with van der Waals surface area (Å²) in [5, 5.41) is 15.8. The fourth-order valence-electron chi connectivity index (χ4n) is 5.11. The van der Waals surface area contributed by atoms with Crippen molar-refractivity contribution in [3.8, 4) is 11.1 Å². The van der Waals surface area contributed by atoms with Crippen LogP contribution in [0, 0.1) is 5.92 Å². The second-order valence-corrected chi connectivity index (χ2v) is 8.98. The number of fused-ring (bicyclic) bond motifs is 3. The highest BCUT2D eigenvalue weighted by Crippen LogP contribution is 2.44. The molecule has 2 N–H and O–H groups in total. The van der Waals surface area contributed by atoms with Crippen LogP contribution in [0.3, 0.4) is 0 Å². The van der Waals surface area contributed by atoms with Gasteiger partial charge in [-0.3, -0.25) is 19.6 Å². The Morgan fingerprint density at radius 3 is 2.40 bits per heavy atom. The molecule has 35 heavy (non-hydrogen) atoms. The molecule has 1 saturated heterocycles. The first-order chi connectivity index (χ1) is 16.9. The Balaban J connectivity index is 1.26. The number of amides is 2. The molecule has 0 radical (unpaired) electrons. The number of nitrogens with one attached hydrogen (secondary N) is 1. The van der Waals surface area contributed by atoms with Crippen molar-refractivity contribution >= 4 is 23.7 Å². The molecule has 0 saturated carbocycles. The summed E-state index contributed by atoms with van der Waals surface area (Å²) in [4.78, 5) is 38.4. The monoisotopic (exact) mass is 474 g/mol. The maximum Gasteiger partial charge on any atom is 0.411 e. The van der Waals surface area contributed by atoms with Crippen molar-refractivity contribution in [1.82, 2.24) is 14.7 Å². The molecule has 0 bridgehead atoms. The lowest BCUT2D eigenvalue weighted by atomic mass is 9.98. The minimum Gasteiger partial charge on any atom is -0.481 e. The standard InChI is InChI=1S/C26H26N4O5/c1-29-24(25(33)30-11-10-16(14-30)12-23(31)32)22(13-27-29)28-26(34)35-15-21-19-8-4-2-6-17(19)18-7-3-5-9-20(18)21/h2-9,13,16,21H,10-12,14-15H2,1H3,(H,28,34)(H,31,32). The van der Waals surface area contributed by atoms with Crippen molar-refractivity contribution in [2.75, 3.05) is 25.0 Å². The summed E-state index contributed by atoms with van der Waals surface area (Å²) < 4.78 is 7.01. The number of hydrogen-bond acceptors (Lipinski definition) is 5. The molecule has 1 aromatic heterocycles. The maximum atomic E-state index is 13.1. The van der Waals surface area contributed by atoms with E-state index in [1.165, 1.54) is 10.9 Å². The summed E-state index contributed by atoms with van der Waals surface area (Å²) >= 11 is 0.